The predicted octanol–water partition coefficient (Wildman–Crippen LogP) is 6.08. The maximum absolute atomic E-state index is 15.3. The fourth-order valence-corrected chi connectivity index (χ4v) is 4.54. The number of ketones is 1. The highest BCUT2D eigenvalue weighted by molar-refractivity contribution is 5.98. The zero-order valence-electron chi connectivity index (χ0n) is 21.2. The average molecular weight is 518 g/mol. The number of imidazole rings is 1. The predicted molar refractivity (Wildman–Crippen MR) is 145 cm³/mol. The first-order valence-electron chi connectivity index (χ1n) is 12.5. The molecule has 0 radical (unpaired) electrons. The van der Waals surface area contributed by atoms with Gasteiger partial charge >= 0.3 is 0 Å². The Morgan fingerprint density at radius 3 is 2.56 bits per heavy atom. The highest BCUT2D eigenvalue weighted by Gasteiger charge is 2.16. The first-order valence-corrected chi connectivity index (χ1v) is 12.5. The molecule has 7 nitrogen and oxygen atoms in total. The molecule has 0 unspecified atom stereocenters. The molecule has 0 fully saturated rings. The molecule has 39 heavy (non-hydrogen) atoms. The maximum atomic E-state index is 15.3. The molecule has 0 aliphatic carbocycles. The van der Waals surface area contributed by atoms with Crippen molar-refractivity contribution in [3.63, 3.8) is 0 Å². The van der Waals surface area contributed by atoms with E-state index in [9.17, 15) is 4.79 Å². The summed E-state index contributed by atoms with van der Waals surface area (Å²) in [5, 5.41) is 4.32. The highest BCUT2D eigenvalue weighted by Crippen LogP contribution is 2.32. The number of fused-ring (bicyclic) bond motifs is 1. The van der Waals surface area contributed by atoms with Gasteiger partial charge in [0, 0.05) is 49.6 Å². The molecule has 0 spiro atoms. The molecule has 192 valence electrons. The van der Waals surface area contributed by atoms with Gasteiger partial charge in [-0.3, -0.25) is 9.78 Å². The van der Waals surface area contributed by atoms with E-state index in [1.165, 1.54) is 6.07 Å². The van der Waals surface area contributed by atoms with Gasteiger partial charge in [-0.2, -0.15) is 5.10 Å². The van der Waals surface area contributed by atoms with Crippen molar-refractivity contribution >= 4 is 11.3 Å². The van der Waals surface area contributed by atoms with Crippen LogP contribution in [-0.2, 0) is 19.9 Å². The van der Waals surface area contributed by atoms with Crippen LogP contribution in [0.25, 0.3) is 16.8 Å². The number of Topliss-reactive ketones (excluding diaryl/α,β-unsaturated/α-hetero) is 1. The number of hydrogen-bond acceptors (Lipinski definition) is 5. The van der Waals surface area contributed by atoms with Crippen molar-refractivity contribution in [1.29, 1.82) is 0 Å². The fourth-order valence-electron chi connectivity index (χ4n) is 4.54. The van der Waals surface area contributed by atoms with E-state index in [2.05, 4.69) is 15.1 Å². The number of aromatic nitrogens is 5. The van der Waals surface area contributed by atoms with E-state index in [0.29, 0.717) is 34.5 Å². The fraction of sp³-hybridized carbons (Fsp3) is 0.0968. The third-order valence-corrected chi connectivity index (χ3v) is 6.46. The second kappa shape index (κ2) is 10.3. The summed E-state index contributed by atoms with van der Waals surface area (Å²) in [5.74, 6) is 0.00563. The molecule has 2 aromatic carbocycles. The van der Waals surface area contributed by atoms with Crippen molar-refractivity contribution in [2.24, 2.45) is 7.05 Å². The van der Waals surface area contributed by atoms with Crippen molar-refractivity contribution in [2.75, 3.05) is 0 Å². The lowest BCUT2D eigenvalue weighted by molar-refractivity contribution is 0.0991. The van der Waals surface area contributed by atoms with Crippen LogP contribution in [0.1, 0.15) is 27.2 Å². The van der Waals surface area contributed by atoms with Crippen LogP contribution in [0.4, 0.5) is 4.39 Å². The maximum Gasteiger partial charge on any atom is 0.169 e. The van der Waals surface area contributed by atoms with E-state index in [4.69, 9.17) is 4.74 Å². The van der Waals surface area contributed by atoms with E-state index >= 15 is 4.39 Å². The van der Waals surface area contributed by atoms with Crippen molar-refractivity contribution < 1.29 is 13.9 Å². The molecule has 0 atom stereocenters. The van der Waals surface area contributed by atoms with Crippen molar-refractivity contribution in [3.05, 3.63) is 132 Å². The summed E-state index contributed by atoms with van der Waals surface area (Å²) in [7, 11) is 1.89. The molecule has 0 bridgehead atoms. The van der Waals surface area contributed by atoms with Gasteiger partial charge in [0.15, 0.2) is 23.1 Å². The summed E-state index contributed by atoms with van der Waals surface area (Å²) >= 11 is 0. The van der Waals surface area contributed by atoms with Crippen LogP contribution in [0.5, 0.6) is 11.5 Å². The van der Waals surface area contributed by atoms with Crippen LogP contribution in [0.15, 0.2) is 104 Å². The lowest BCUT2D eigenvalue weighted by Crippen LogP contribution is -2.09. The summed E-state index contributed by atoms with van der Waals surface area (Å²) in [6.45, 7) is 0. The van der Waals surface area contributed by atoms with E-state index in [1.54, 1.807) is 53.6 Å². The van der Waals surface area contributed by atoms with Crippen LogP contribution in [0, 0.1) is 5.82 Å². The molecule has 8 heteroatoms. The summed E-state index contributed by atoms with van der Waals surface area (Å²) in [5.41, 5.74) is 5.01. The topological polar surface area (TPSA) is 74.3 Å². The second-order valence-corrected chi connectivity index (χ2v) is 9.31. The zero-order valence-corrected chi connectivity index (χ0v) is 21.2. The Morgan fingerprint density at radius 2 is 1.77 bits per heavy atom. The molecule has 4 heterocycles. The third-order valence-electron chi connectivity index (χ3n) is 6.46. The molecule has 0 amide bonds. The first-order chi connectivity index (χ1) is 19.0. The monoisotopic (exact) mass is 517 g/mol. The zero-order chi connectivity index (χ0) is 26.8. The van der Waals surface area contributed by atoms with E-state index in [1.807, 2.05) is 60.4 Å². The Balaban J connectivity index is 1.25. The summed E-state index contributed by atoms with van der Waals surface area (Å²) in [6.07, 6.45) is 9.36. The lowest BCUT2D eigenvalue weighted by Gasteiger charge is -2.12. The Morgan fingerprint density at radius 1 is 0.897 bits per heavy atom. The molecule has 0 saturated carbocycles. The number of rotatable bonds is 8. The van der Waals surface area contributed by atoms with E-state index in [0.717, 1.165) is 16.8 Å². The van der Waals surface area contributed by atoms with Crippen LogP contribution < -0.4 is 4.74 Å². The van der Waals surface area contributed by atoms with Crippen molar-refractivity contribution in [1.82, 2.24) is 24.1 Å². The standard InChI is InChI=1S/C31H24FN5O2/c1-36-19-27(34-20-36)23-17-31(28-11-13-35-37(28)18-23)39-30-10-9-22(14-25(30)32)15-26-24(8-5-12-33-26)29(38)16-21-6-3-2-4-7-21/h2-14,17-20H,15-16H2,1H3. The summed E-state index contributed by atoms with van der Waals surface area (Å²) < 4.78 is 24.9. The smallest absolute Gasteiger partial charge is 0.169 e. The van der Waals surface area contributed by atoms with Gasteiger partial charge in [0.25, 0.3) is 0 Å². The number of carbonyl (C=O) groups is 1. The van der Waals surface area contributed by atoms with Crippen LogP contribution in [0.2, 0.25) is 0 Å². The number of nitrogens with zero attached hydrogens (tertiary/aromatic N) is 5. The molecule has 0 N–H and O–H groups in total. The second-order valence-electron chi connectivity index (χ2n) is 9.31. The number of benzene rings is 2. The first kappa shape index (κ1) is 24.2. The van der Waals surface area contributed by atoms with Crippen molar-refractivity contribution in [2.45, 2.75) is 12.8 Å². The molecule has 6 aromatic rings. The third kappa shape index (κ3) is 5.17. The number of halogens is 1. The molecule has 4 aromatic heterocycles. The number of aryl methyl sites for hydroxylation is 1. The minimum Gasteiger partial charge on any atom is -0.452 e. The summed E-state index contributed by atoms with van der Waals surface area (Å²) in [4.78, 5) is 21.9. The number of hydrogen-bond donors (Lipinski definition) is 0. The van der Waals surface area contributed by atoms with Gasteiger partial charge in [-0.15, -0.1) is 0 Å². The Labute approximate surface area is 224 Å². The van der Waals surface area contributed by atoms with Crippen LogP contribution in [0.3, 0.4) is 0 Å². The molecule has 6 rings (SSSR count). The van der Waals surface area contributed by atoms with Gasteiger partial charge in [-0.1, -0.05) is 36.4 Å². The number of ether oxygens (including phenoxy) is 1. The van der Waals surface area contributed by atoms with Gasteiger partial charge in [-0.05, 0) is 47.5 Å². The molecule has 0 saturated heterocycles. The minimum absolute atomic E-state index is 0.0256. The van der Waals surface area contributed by atoms with Crippen molar-refractivity contribution in [3.8, 4) is 22.8 Å². The van der Waals surface area contributed by atoms with Gasteiger partial charge in [-0.25, -0.2) is 13.9 Å². The van der Waals surface area contributed by atoms with Gasteiger partial charge in [0.2, 0.25) is 0 Å². The van der Waals surface area contributed by atoms with Gasteiger partial charge in [0.05, 0.1) is 23.9 Å². The molecular formula is C31H24FN5O2. The lowest BCUT2D eigenvalue weighted by atomic mass is 9.98. The molecule has 0 aliphatic heterocycles. The van der Waals surface area contributed by atoms with Crippen LogP contribution in [-0.4, -0.2) is 29.9 Å². The van der Waals surface area contributed by atoms with Gasteiger partial charge < -0.3 is 9.30 Å². The normalized spacial score (nSPS) is 11.1. The van der Waals surface area contributed by atoms with E-state index in [-0.39, 0.29) is 18.0 Å². The quantitative estimate of drug-likeness (QED) is 0.229. The Bertz CT molecular complexity index is 1790. The summed E-state index contributed by atoms with van der Waals surface area (Å²) in [6, 6.07) is 21.5. The SMILES string of the molecule is Cn1cnc(-c2cc(Oc3ccc(Cc4ncccc4C(=O)Cc4ccccc4)cc3F)c3ccnn3c2)c1. The Kier molecular flexibility index (Phi) is 6.42. The molecular weight excluding hydrogens is 493 g/mol. The largest absolute Gasteiger partial charge is 0.452 e. The van der Waals surface area contributed by atoms with E-state index < -0.39 is 5.82 Å². The number of carbonyl (C=O) groups excluding carboxylic acids is 1. The average Bonchev–Trinajstić information content (AvgIpc) is 3.60. The number of pyridine rings is 2. The highest BCUT2D eigenvalue weighted by atomic mass is 19.1. The minimum atomic E-state index is -0.513. The Hall–Kier alpha value is -5.11. The van der Waals surface area contributed by atoms with Gasteiger partial charge in [0.1, 0.15) is 5.52 Å². The van der Waals surface area contributed by atoms with Crippen LogP contribution >= 0.6 is 0 Å². The molecule has 0 aliphatic rings.